The maximum atomic E-state index is 4.71. The van der Waals surface area contributed by atoms with Gasteiger partial charge >= 0.3 is 0 Å². The zero-order valence-corrected chi connectivity index (χ0v) is 10.9. The van der Waals surface area contributed by atoms with Crippen LogP contribution in [0.5, 0.6) is 0 Å². The van der Waals surface area contributed by atoms with Gasteiger partial charge < -0.3 is 4.57 Å². The summed E-state index contributed by atoms with van der Waals surface area (Å²) in [5.41, 5.74) is 4.50. The van der Waals surface area contributed by atoms with E-state index in [4.69, 9.17) is 4.98 Å². The minimum atomic E-state index is 1.02. The molecular weight excluding hydrogens is 230 g/mol. The maximum absolute atomic E-state index is 4.71. The molecule has 2 heterocycles. The highest BCUT2D eigenvalue weighted by molar-refractivity contribution is 7.98. The molecule has 1 aromatic carbocycles. The lowest BCUT2D eigenvalue weighted by molar-refractivity contribution is 0.815. The van der Waals surface area contributed by atoms with Crippen molar-refractivity contribution in [1.82, 2.24) is 14.5 Å². The summed E-state index contributed by atoms with van der Waals surface area (Å²) in [6.07, 6.45) is 3.88. The van der Waals surface area contributed by atoms with Gasteiger partial charge in [-0.15, -0.1) is 0 Å². The predicted octanol–water partition coefficient (Wildman–Crippen LogP) is 3.15. The molecule has 4 heteroatoms. The first kappa shape index (κ1) is 10.6. The molecule has 0 radical (unpaired) electrons. The lowest BCUT2D eigenvalue weighted by Crippen LogP contribution is -1.92. The minimum Gasteiger partial charge on any atom is -0.322 e. The average Bonchev–Trinajstić information content (AvgIpc) is 2.67. The van der Waals surface area contributed by atoms with Crippen molar-refractivity contribution in [2.45, 2.75) is 12.1 Å². The van der Waals surface area contributed by atoms with Crippen molar-refractivity contribution < 1.29 is 0 Å². The first-order valence-corrected chi connectivity index (χ1v) is 6.69. The van der Waals surface area contributed by atoms with Crippen molar-refractivity contribution in [3.8, 4) is 0 Å². The summed E-state index contributed by atoms with van der Waals surface area (Å²) in [6, 6.07) is 6.18. The van der Waals surface area contributed by atoms with E-state index in [-0.39, 0.29) is 0 Å². The van der Waals surface area contributed by atoms with Crippen LogP contribution >= 0.6 is 11.8 Å². The summed E-state index contributed by atoms with van der Waals surface area (Å²) < 4.78 is 2.15. The van der Waals surface area contributed by atoms with Crippen LogP contribution in [0.4, 0.5) is 0 Å². The van der Waals surface area contributed by atoms with Crippen LogP contribution in [-0.4, -0.2) is 20.8 Å². The van der Waals surface area contributed by atoms with E-state index in [2.05, 4.69) is 41.9 Å². The highest BCUT2D eigenvalue weighted by Gasteiger charge is 2.12. The van der Waals surface area contributed by atoms with Crippen molar-refractivity contribution in [2.24, 2.45) is 7.05 Å². The molecule has 0 fully saturated rings. The molecule has 17 heavy (non-hydrogen) atoms. The Morgan fingerprint density at radius 2 is 2.18 bits per heavy atom. The second-order valence-electron chi connectivity index (χ2n) is 4.12. The normalized spacial score (nSPS) is 11.5. The van der Waals surface area contributed by atoms with Gasteiger partial charge in [0.25, 0.3) is 0 Å². The molecule has 0 saturated carbocycles. The minimum absolute atomic E-state index is 1.02. The predicted molar refractivity (Wildman–Crippen MR) is 72.5 cm³/mol. The van der Waals surface area contributed by atoms with Gasteiger partial charge in [0.15, 0.2) is 5.16 Å². The third kappa shape index (κ3) is 1.44. The molecule has 0 aliphatic rings. The number of hydrogen-bond acceptors (Lipinski definition) is 3. The Morgan fingerprint density at radius 3 is 2.94 bits per heavy atom. The summed E-state index contributed by atoms with van der Waals surface area (Å²) >= 11 is 1.67. The van der Waals surface area contributed by atoms with Crippen LogP contribution in [0.15, 0.2) is 29.6 Å². The highest BCUT2D eigenvalue weighted by atomic mass is 32.2. The summed E-state index contributed by atoms with van der Waals surface area (Å²) in [4.78, 5) is 9.11. The second kappa shape index (κ2) is 3.74. The monoisotopic (exact) mass is 243 g/mol. The van der Waals surface area contributed by atoms with Gasteiger partial charge in [-0.25, -0.2) is 4.98 Å². The number of fused-ring (bicyclic) bond motifs is 3. The number of pyridine rings is 1. The van der Waals surface area contributed by atoms with Crippen molar-refractivity contribution in [3.05, 3.63) is 30.0 Å². The van der Waals surface area contributed by atoms with E-state index in [1.54, 1.807) is 11.8 Å². The molecule has 0 aliphatic heterocycles. The van der Waals surface area contributed by atoms with Crippen molar-refractivity contribution in [1.29, 1.82) is 0 Å². The van der Waals surface area contributed by atoms with Gasteiger partial charge in [0, 0.05) is 18.6 Å². The van der Waals surface area contributed by atoms with Gasteiger partial charge in [-0.05, 0) is 36.9 Å². The first-order valence-electron chi connectivity index (χ1n) is 5.47. The topological polar surface area (TPSA) is 30.7 Å². The molecular formula is C13H13N3S. The zero-order valence-electron chi connectivity index (χ0n) is 10.1. The summed E-state index contributed by atoms with van der Waals surface area (Å²) in [5.74, 6) is 0. The summed E-state index contributed by atoms with van der Waals surface area (Å²) in [7, 11) is 2.07. The lowest BCUT2D eigenvalue weighted by atomic mass is 10.1. The quantitative estimate of drug-likeness (QED) is 0.615. The van der Waals surface area contributed by atoms with Crippen LogP contribution in [0.3, 0.4) is 0 Å². The smallest absolute Gasteiger partial charge is 0.168 e. The molecule has 2 aromatic heterocycles. The molecule has 0 atom stereocenters. The fourth-order valence-corrected chi connectivity index (χ4v) is 2.85. The van der Waals surface area contributed by atoms with E-state index in [1.165, 1.54) is 11.1 Å². The number of nitrogens with zero attached hydrogens (tertiary/aromatic N) is 3. The van der Waals surface area contributed by atoms with E-state index in [1.807, 2.05) is 12.3 Å². The van der Waals surface area contributed by atoms with Crippen LogP contribution in [0.1, 0.15) is 5.56 Å². The van der Waals surface area contributed by atoms with E-state index < -0.39 is 0 Å². The Morgan fingerprint density at radius 1 is 1.35 bits per heavy atom. The maximum Gasteiger partial charge on any atom is 0.168 e. The number of benzene rings is 1. The molecule has 0 N–H and O–H groups in total. The Kier molecular flexibility index (Phi) is 2.33. The van der Waals surface area contributed by atoms with E-state index in [0.717, 1.165) is 21.6 Å². The SMILES string of the molecule is CSc1nc2c3cccnc3cc(C)c2n1C. The fraction of sp³-hybridized carbons (Fsp3) is 0.231. The zero-order chi connectivity index (χ0) is 12.0. The highest BCUT2D eigenvalue weighted by Crippen LogP contribution is 2.29. The van der Waals surface area contributed by atoms with Gasteiger partial charge in [-0.1, -0.05) is 11.8 Å². The first-order chi connectivity index (χ1) is 8.22. The Balaban J connectivity index is 2.57. The number of thioether (sulfide) groups is 1. The van der Waals surface area contributed by atoms with Crippen LogP contribution in [0.25, 0.3) is 21.9 Å². The van der Waals surface area contributed by atoms with E-state index >= 15 is 0 Å². The number of aryl methyl sites for hydroxylation is 2. The van der Waals surface area contributed by atoms with Crippen LogP contribution in [-0.2, 0) is 7.05 Å². The number of imidazole rings is 1. The molecule has 0 amide bonds. The van der Waals surface area contributed by atoms with Crippen molar-refractivity contribution in [3.63, 3.8) is 0 Å². The van der Waals surface area contributed by atoms with Gasteiger partial charge in [-0.2, -0.15) is 0 Å². The van der Waals surface area contributed by atoms with Gasteiger partial charge in [-0.3, -0.25) is 4.98 Å². The molecule has 3 rings (SSSR count). The fourth-order valence-electron chi connectivity index (χ4n) is 2.31. The number of hydrogen-bond donors (Lipinski definition) is 0. The molecule has 3 aromatic rings. The van der Waals surface area contributed by atoms with Gasteiger partial charge in [0.05, 0.1) is 16.6 Å². The van der Waals surface area contributed by atoms with Crippen LogP contribution in [0, 0.1) is 6.92 Å². The summed E-state index contributed by atoms with van der Waals surface area (Å²) in [6.45, 7) is 2.11. The molecule has 0 saturated heterocycles. The Labute approximate surface area is 104 Å². The van der Waals surface area contributed by atoms with E-state index in [9.17, 15) is 0 Å². The molecule has 0 unspecified atom stereocenters. The third-order valence-electron chi connectivity index (χ3n) is 3.06. The molecule has 86 valence electrons. The number of aromatic nitrogens is 3. The van der Waals surface area contributed by atoms with Crippen molar-refractivity contribution in [2.75, 3.05) is 6.26 Å². The summed E-state index contributed by atoms with van der Waals surface area (Å²) in [5, 5.41) is 2.17. The number of rotatable bonds is 1. The van der Waals surface area contributed by atoms with E-state index in [0.29, 0.717) is 0 Å². The lowest BCUT2D eigenvalue weighted by Gasteiger charge is -2.03. The van der Waals surface area contributed by atoms with Crippen LogP contribution < -0.4 is 0 Å². The average molecular weight is 243 g/mol. The van der Waals surface area contributed by atoms with Gasteiger partial charge in [0.2, 0.25) is 0 Å². The van der Waals surface area contributed by atoms with Crippen LogP contribution in [0.2, 0.25) is 0 Å². The molecule has 0 aliphatic carbocycles. The molecule has 0 bridgehead atoms. The largest absolute Gasteiger partial charge is 0.322 e. The Hall–Kier alpha value is -1.55. The third-order valence-corrected chi connectivity index (χ3v) is 3.79. The van der Waals surface area contributed by atoms with Crippen molar-refractivity contribution >= 4 is 33.7 Å². The molecule has 0 spiro atoms. The molecule has 3 nitrogen and oxygen atoms in total. The Bertz CT molecular complexity index is 715. The van der Waals surface area contributed by atoms with Gasteiger partial charge in [0.1, 0.15) is 0 Å². The second-order valence-corrected chi connectivity index (χ2v) is 4.89. The standard InChI is InChI=1S/C13H13N3S/c1-8-7-10-9(5-4-6-14-10)11-12(8)16(2)13(15-11)17-3/h4-7H,1-3H3.